The van der Waals surface area contributed by atoms with Crippen molar-refractivity contribution in [2.75, 3.05) is 13.1 Å². The lowest BCUT2D eigenvalue weighted by Crippen LogP contribution is -2.55. The van der Waals surface area contributed by atoms with Gasteiger partial charge in [-0.05, 0) is 18.8 Å². The lowest BCUT2D eigenvalue weighted by molar-refractivity contribution is -0.127. The molecule has 0 radical (unpaired) electrons. The zero-order valence-electron chi connectivity index (χ0n) is 8.48. The molecule has 3 unspecified atom stereocenters. The summed E-state index contributed by atoms with van der Waals surface area (Å²) in [5.41, 5.74) is 7.38. The van der Waals surface area contributed by atoms with Gasteiger partial charge in [0.25, 0.3) is 0 Å². The third-order valence-corrected chi connectivity index (χ3v) is 3.33. The molecule has 0 spiro atoms. The number of primary amides is 1. The van der Waals surface area contributed by atoms with Crippen LogP contribution >= 0.6 is 0 Å². The van der Waals surface area contributed by atoms with Crippen LogP contribution in [0.5, 0.6) is 0 Å². The molecular formula is C9H16N4O2. The molecule has 2 rings (SSSR count). The fourth-order valence-electron chi connectivity index (χ4n) is 2.16. The SMILES string of the molecule is NNC(=O)C1CC1CN1CCC1C(N)=O. The number of nitrogens with two attached hydrogens (primary N) is 2. The minimum atomic E-state index is -0.262. The molecule has 15 heavy (non-hydrogen) atoms. The number of hydrogen-bond donors (Lipinski definition) is 3. The Labute approximate surface area is 87.9 Å². The number of carbonyl (C=O) groups is 2. The predicted molar refractivity (Wildman–Crippen MR) is 53.1 cm³/mol. The summed E-state index contributed by atoms with van der Waals surface area (Å²) in [6.45, 7) is 1.69. The number of likely N-dealkylation sites (tertiary alicyclic amines) is 1. The zero-order valence-corrected chi connectivity index (χ0v) is 8.48. The van der Waals surface area contributed by atoms with Crippen molar-refractivity contribution in [1.29, 1.82) is 0 Å². The number of rotatable bonds is 4. The van der Waals surface area contributed by atoms with Crippen LogP contribution in [-0.4, -0.2) is 35.8 Å². The van der Waals surface area contributed by atoms with Gasteiger partial charge in [0, 0.05) is 19.0 Å². The van der Waals surface area contributed by atoms with Crippen molar-refractivity contribution in [3.63, 3.8) is 0 Å². The van der Waals surface area contributed by atoms with Crippen LogP contribution in [0, 0.1) is 11.8 Å². The number of carbonyl (C=O) groups excluding carboxylic acids is 2. The van der Waals surface area contributed by atoms with Crippen molar-refractivity contribution in [2.45, 2.75) is 18.9 Å². The van der Waals surface area contributed by atoms with E-state index in [4.69, 9.17) is 11.6 Å². The highest BCUT2D eigenvalue weighted by Crippen LogP contribution is 2.40. The van der Waals surface area contributed by atoms with Gasteiger partial charge < -0.3 is 5.73 Å². The van der Waals surface area contributed by atoms with E-state index in [-0.39, 0.29) is 23.8 Å². The van der Waals surface area contributed by atoms with E-state index >= 15 is 0 Å². The molecule has 2 fully saturated rings. The molecule has 1 saturated carbocycles. The first-order chi connectivity index (χ1) is 7.13. The van der Waals surface area contributed by atoms with Gasteiger partial charge in [-0.15, -0.1) is 0 Å². The average molecular weight is 212 g/mol. The number of hydrogen-bond acceptors (Lipinski definition) is 4. The second kappa shape index (κ2) is 3.79. The van der Waals surface area contributed by atoms with Crippen LogP contribution < -0.4 is 17.0 Å². The molecule has 1 heterocycles. The molecule has 3 atom stereocenters. The minimum Gasteiger partial charge on any atom is -0.368 e. The number of hydrazine groups is 1. The van der Waals surface area contributed by atoms with E-state index in [0.29, 0.717) is 5.92 Å². The average Bonchev–Trinajstić information content (AvgIpc) is 2.89. The van der Waals surface area contributed by atoms with Gasteiger partial charge in [0.15, 0.2) is 0 Å². The number of nitrogens with zero attached hydrogens (tertiary/aromatic N) is 1. The van der Waals surface area contributed by atoms with E-state index in [2.05, 4.69) is 5.43 Å². The maximum Gasteiger partial charge on any atom is 0.237 e. The molecule has 5 N–H and O–H groups in total. The van der Waals surface area contributed by atoms with Gasteiger partial charge >= 0.3 is 0 Å². The first-order valence-electron chi connectivity index (χ1n) is 5.17. The first-order valence-corrected chi connectivity index (χ1v) is 5.17. The van der Waals surface area contributed by atoms with E-state index in [1.165, 1.54) is 0 Å². The highest BCUT2D eigenvalue weighted by Gasteiger charge is 2.46. The molecule has 1 saturated heterocycles. The quantitative estimate of drug-likeness (QED) is 0.290. The smallest absolute Gasteiger partial charge is 0.237 e. The van der Waals surface area contributed by atoms with Gasteiger partial charge in [-0.3, -0.25) is 19.9 Å². The van der Waals surface area contributed by atoms with E-state index < -0.39 is 0 Å². The van der Waals surface area contributed by atoms with Gasteiger partial charge in [-0.1, -0.05) is 0 Å². The maximum absolute atomic E-state index is 11.1. The monoisotopic (exact) mass is 212 g/mol. The Morgan fingerprint density at radius 1 is 1.47 bits per heavy atom. The van der Waals surface area contributed by atoms with Crippen molar-refractivity contribution in [2.24, 2.45) is 23.4 Å². The molecule has 2 aliphatic rings. The van der Waals surface area contributed by atoms with Crippen molar-refractivity contribution in [3.8, 4) is 0 Å². The Hall–Kier alpha value is -1.14. The fraction of sp³-hybridized carbons (Fsp3) is 0.778. The van der Waals surface area contributed by atoms with E-state index in [9.17, 15) is 9.59 Å². The Balaban J connectivity index is 1.76. The van der Waals surface area contributed by atoms with Gasteiger partial charge in [0.1, 0.15) is 0 Å². The van der Waals surface area contributed by atoms with Crippen LogP contribution in [0.4, 0.5) is 0 Å². The highest BCUT2D eigenvalue weighted by molar-refractivity contribution is 5.81. The van der Waals surface area contributed by atoms with Crippen LogP contribution in [0.3, 0.4) is 0 Å². The number of amides is 2. The molecule has 0 aromatic carbocycles. The minimum absolute atomic E-state index is 0.0316. The summed E-state index contributed by atoms with van der Waals surface area (Å²) in [5, 5.41) is 0. The molecule has 0 bridgehead atoms. The standard InChI is InChI=1S/C9H16N4O2/c10-8(14)7-1-2-13(7)4-5-3-6(5)9(15)12-11/h5-7H,1-4,11H2,(H2,10,14)(H,12,15). The molecule has 2 amide bonds. The van der Waals surface area contributed by atoms with Crippen LogP contribution in [0.2, 0.25) is 0 Å². The number of nitrogens with one attached hydrogen (secondary N) is 1. The Kier molecular flexibility index (Phi) is 2.62. The van der Waals surface area contributed by atoms with Crippen molar-refractivity contribution in [3.05, 3.63) is 0 Å². The van der Waals surface area contributed by atoms with Crippen molar-refractivity contribution < 1.29 is 9.59 Å². The summed E-state index contributed by atoms with van der Waals surface area (Å²) in [6.07, 6.45) is 1.71. The zero-order chi connectivity index (χ0) is 11.0. The lowest BCUT2D eigenvalue weighted by atomic mass is 10.0. The van der Waals surface area contributed by atoms with Gasteiger partial charge in [0.2, 0.25) is 11.8 Å². The maximum atomic E-state index is 11.1. The molecule has 1 aliphatic carbocycles. The van der Waals surface area contributed by atoms with E-state index in [1.807, 2.05) is 4.90 Å². The second-order valence-electron chi connectivity index (χ2n) is 4.31. The Morgan fingerprint density at radius 3 is 2.67 bits per heavy atom. The van der Waals surface area contributed by atoms with Crippen LogP contribution in [0.1, 0.15) is 12.8 Å². The Bertz CT molecular complexity index is 294. The summed E-state index contributed by atoms with van der Waals surface area (Å²) < 4.78 is 0. The molecular weight excluding hydrogens is 196 g/mol. The van der Waals surface area contributed by atoms with E-state index in [0.717, 1.165) is 25.9 Å². The summed E-state index contributed by atoms with van der Waals surface area (Å²) in [7, 11) is 0. The highest BCUT2D eigenvalue weighted by atomic mass is 16.2. The third kappa shape index (κ3) is 1.95. The largest absolute Gasteiger partial charge is 0.368 e. The molecule has 84 valence electrons. The predicted octanol–water partition coefficient (Wildman–Crippen LogP) is -1.83. The Morgan fingerprint density at radius 2 is 2.20 bits per heavy atom. The summed E-state index contributed by atoms with van der Waals surface area (Å²) >= 11 is 0. The first kappa shape index (κ1) is 10.4. The molecule has 0 aromatic rings. The summed E-state index contributed by atoms with van der Waals surface area (Å²) in [5.74, 6) is 5.05. The molecule has 6 nitrogen and oxygen atoms in total. The van der Waals surface area contributed by atoms with Crippen molar-refractivity contribution >= 4 is 11.8 Å². The van der Waals surface area contributed by atoms with Gasteiger partial charge in [0.05, 0.1) is 6.04 Å². The topological polar surface area (TPSA) is 101 Å². The molecule has 6 heteroatoms. The van der Waals surface area contributed by atoms with Gasteiger partial charge in [-0.25, -0.2) is 5.84 Å². The third-order valence-electron chi connectivity index (χ3n) is 3.33. The van der Waals surface area contributed by atoms with Crippen LogP contribution in [0.25, 0.3) is 0 Å². The summed E-state index contributed by atoms with van der Waals surface area (Å²) in [4.78, 5) is 24.1. The van der Waals surface area contributed by atoms with E-state index in [1.54, 1.807) is 0 Å². The fourth-order valence-corrected chi connectivity index (χ4v) is 2.16. The van der Waals surface area contributed by atoms with Crippen LogP contribution in [0.15, 0.2) is 0 Å². The second-order valence-corrected chi connectivity index (χ2v) is 4.31. The molecule has 1 aliphatic heterocycles. The van der Waals surface area contributed by atoms with Crippen LogP contribution in [-0.2, 0) is 9.59 Å². The van der Waals surface area contributed by atoms with Gasteiger partial charge in [-0.2, -0.15) is 0 Å². The van der Waals surface area contributed by atoms with Crippen molar-refractivity contribution in [1.82, 2.24) is 10.3 Å². The molecule has 0 aromatic heterocycles. The summed E-state index contributed by atoms with van der Waals surface area (Å²) in [6, 6.07) is -0.118. The lowest BCUT2D eigenvalue weighted by Gasteiger charge is -2.38. The normalized spacial score (nSPS) is 34.3.